The standard InChI is InChI=1S/C14H29N3O2S/c1-3-12-20(18,19)17-10-8-16(9-11-17)13-14-6-4-5-7-15(14)2/h14H,3-13H2,1-2H3/t14-/m1/s1. The molecule has 0 bridgehead atoms. The SMILES string of the molecule is CCCS(=O)(=O)N1CCN(C[C@H]2CCCCN2C)CC1. The van der Waals surface area contributed by atoms with Gasteiger partial charge in [0, 0.05) is 38.8 Å². The number of rotatable bonds is 5. The normalized spacial score (nSPS) is 27.8. The lowest BCUT2D eigenvalue weighted by Crippen LogP contribution is -2.53. The van der Waals surface area contributed by atoms with Gasteiger partial charge in [0.15, 0.2) is 0 Å². The van der Waals surface area contributed by atoms with E-state index < -0.39 is 10.0 Å². The lowest BCUT2D eigenvalue weighted by atomic mass is 10.0. The summed E-state index contributed by atoms with van der Waals surface area (Å²) in [6, 6.07) is 0.655. The Hall–Kier alpha value is -0.170. The van der Waals surface area contributed by atoms with Crippen LogP contribution in [0, 0.1) is 0 Å². The van der Waals surface area contributed by atoms with Crippen LogP contribution in [0.25, 0.3) is 0 Å². The topological polar surface area (TPSA) is 43.9 Å². The van der Waals surface area contributed by atoms with E-state index >= 15 is 0 Å². The van der Waals surface area contributed by atoms with Gasteiger partial charge in [-0.25, -0.2) is 8.42 Å². The smallest absolute Gasteiger partial charge is 0.214 e. The first kappa shape index (κ1) is 16.2. The lowest BCUT2D eigenvalue weighted by molar-refractivity contribution is 0.106. The van der Waals surface area contributed by atoms with Crippen LogP contribution in [0.2, 0.25) is 0 Å². The van der Waals surface area contributed by atoms with Crippen LogP contribution in [0.15, 0.2) is 0 Å². The maximum atomic E-state index is 12.0. The first-order valence-electron chi connectivity index (χ1n) is 7.93. The highest BCUT2D eigenvalue weighted by atomic mass is 32.2. The predicted octanol–water partition coefficient (Wildman–Crippen LogP) is 0.828. The number of sulfonamides is 1. The minimum Gasteiger partial charge on any atom is -0.302 e. The average molecular weight is 303 g/mol. The van der Waals surface area contributed by atoms with Gasteiger partial charge in [0.1, 0.15) is 0 Å². The monoisotopic (exact) mass is 303 g/mol. The van der Waals surface area contributed by atoms with Gasteiger partial charge in [0.05, 0.1) is 5.75 Å². The molecule has 0 aromatic heterocycles. The molecule has 2 rings (SSSR count). The molecule has 0 aliphatic carbocycles. The fourth-order valence-corrected chi connectivity index (χ4v) is 4.74. The van der Waals surface area contributed by atoms with E-state index in [1.165, 1.54) is 25.8 Å². The molecule has 2 fully saturated rings. The van der Waals surface area contributed by atoms with Crippen molar-refractivity contribution in [2.75, 3.05) is 52.1 Å². The van der Waals surface area contributed by atoms with E-state index in [2.05, 4.69) is 16.8 Å². The van der Waals surface area contributed by atoms with Crippen LogP contribution in [0.1, 0.15) is 32.6 Å². The molecule has 2 aliphatic heterocycles. The van der Waals surface area contributed by atoms with Crippen LogP contribution in [-0.2, 0) is 10.0 Å². The summed E-state index contributed by atoms with van der Waals surface area (Å²) in [5.41, 5.74) is 0. The van der Waals surface area contributed by atoms with E-state index in [-0.39, 0.29) is 0 Å². The Kier molecular flexibility index (Phi) is 5.84. The van der Waals surface area contributed by atoms with Crippen molar-refractivity contribution >= 4 is 10.0 Å². The van der Waals surface area contributed by atoms with Crippen LogP contribution in [-0.4, -0.2) is 80.6 Å². The summed E-state index contributed by atoms with van der Waals surface area (Å²) in [4.78, 5) is 4.90. The molecule has 1 atom stereocenters. The fraction of sp³-hybridized carbons (Fsp3) is 1.00. The molecule has 2 saturated heterocycles. The number of likely N-dealkylation sites (tertiary alicyclic amines) is 1. The third kappa shape index (κ3) is 4.16. The second kappa shape index (κ2) is 7.20. The van der Waals surface area contributed by atoms with Gasteiger partial charge in [-0.15, -0.1) is 0 Å². The third-order valence-electron chi connectivity index (χ3n) is 4.58. The Morgan fingerprint density at radius 2 is 1.75 bits per heavy atom. The van der Waals surface area contributed by atoms with Gasteiger partial charge in [0.25, 0.3) is 0 Å². The number of hydrogen-bond donors (Lipinski definition) is 0. The predicted molar refractivity (Wildman–Crippen MR) is 82.4 cm³/mol. The second-order valence-corrected chi connectivity index (χ2v) is 8.23. The van der Waals surface area contributed by atoms with Gasteiger partial charge in [-0.1, -0.05) is 13.3 Å². The summed E-state index contributed by atoms with van der Waals surface area (Å²) in [6.45, 7) is 7.32. The molecular weight excluding hydrogens is 274 g/mol. The molecule has 20 heavy (non-hydrogen) atoms. The largest absolute Gasteiger partial charge is 0.302 e. The van der Waals surface area contributed by atoms with E-state index in [0.717, 1.165) is 19.6 Å². The molecule has 0 amide bonds. The molecule has 0 aromatic rings. The minimum absolute atomic E-state index is 0.290. The van der Waals surface area contributed by atoms with Crippen molar-refractivity contribution in [2.45, 2.75) is 38.6 Å². The van der Waals surface area contributed by atoms with Crippen LogP contribution in [0.3, 0.4) is 0 Å². The Morgan fingerprint density at radius 1 is 1.05 bits per heavy atom. The van der Waals surface area contributed by atoms with Gasteiger partial charge in [-0.3, -0.25) is 4.90 Å². The molecule has 118 valence electrons. The summed E-state index contributed by atoms with van der Waals surface area (Å²) < 4.78 is 25.7. The van der Waals surface area contributed by atoms with Crippen molar-refractivity contribution in [2.24, 2.45) is 0 Å². The number of piperazine rings is 1. The van der Waals surface area contributed by atoms with E-state index in [9.17, 15) is 8.42 Å². The summed E-state index contributed by atoms with van der Waals surface area (Å²) in [5, 5.41) is 0. The summed E-state index contributed by atoms with van der Waals surface area (Å²) in [6.07, 6.45) is 4.64. The molecule has 6 heteroatoms. The van der Waals surface area contributed by atoms with Crippen molar-refractivity contribution in [3.05, 3.63) is 0 Å². The lowest BCUT2D eigenvalue weighted by Gasteiger charge is -2.39. The highest BCUT2D eigenvalue weighted by Gasteiger charge is 2.28. The zero-order valence-corrected chi connectivity index (χ0v) is 13.7. The minimum atomic E-state index is -3.00. The highest BCUT2D eigenvalue weighted by Crippen LogP contribution is 2.17. The van der Waals surface area contributed by atoms with Gasteiger partial charge in [-0.05, 0) is 32.9 Å². The van der Waals surface area contributed by atoms with Crippen molar-refractivity contribution in [1.29, 1.82) is 0 Å². The molecule has 0 spiro atoms. The van der Waals surface area contributed by atoms with Crippen molar-refractivity contribution in [1.82, 2.24) is 14.1 Å². The number of piperidine rings is 1. The van der Waals surface area contributed by atoms with Gasteiger partial charge in [-0.2, -0.15) is 4.31 Å². The Balaban J connectivity index is 1.79. The first-order valence-corrected chi connectivity index (χ1v) is 9.54. The molecular formula is C14H29N3O2S. The number of nitrogens with zero attached hydrogens (tertiary/aromatic N) is 3. The average Bonchev–Trinajstić information content (AvgIpc) is 2.42. The molecule has 0 N–H and O–H groups in total. The van der Waals surface area contributed by atoms with Gasteiger partial charge in [0.2, 0.25) is 10.0 Å². The van der Waals surface area contributed by atoms with E-state index in [0.29, 0.717) is 31.3 Å². The van der Waals surface area contributed by atoms with Crippen molar-refractivity contribution in [3.8, 4) is 0 Å². The van der Waals surface area contributed by atoms with Crippen molar-refractivity contribution in [3.63, 3.8) is 0 Å². The molecule has 2 heterocycles. The zero-order chi connectivity index (χ0) is 14.6. The van der Waals surface area contributed by atoms with Gasteiger partial charge < -0.3 is 4.90 Å². The van der Waals surface area contributed by atoms with Crippen LogP contribution in [0.5, 0.6) is 0 Å². The Morgan fingerprint density at radius 3 is 2.35 bits per heavy atom. The van der Waals surface area contributed by atoms with E-state index in [1.807, 2.05) is 6.92 Å². The molecule has 0 radical (unpaired) electrons. The molecule has 0 aromatic carbocycles. The summed E-state index contributed by atoms with van der Waals surface area (Å²) in [7, 11) is -0.790. The van der Waals surface area contributed by atoms with E-state index in [4.69, 9.17) is 0 Å². The number of hydrogen-bond acceptors (Lipinski definition) is 4. The fourth-order valence-electron chi connectivity index (χ4n) is 3.25. The second-order valence-electron chi connectivity index (χ2n) is 6.15. The molecule has 0 saturated carbocycles. The van der Waals surface area contributed by atoms with E-state index in [1.54, 1.807) is 4.31 Å². The Bertz CT molecular complexity index is 391. The quantitative estimate of drug-likeness (QED) is 0.754. The zero-order valence-electron chi connectivity index (χ0n) is 12.9. The Labute approximate surface area is 124 Å². The maximum Gasteiger partial charge on any atom is 0.214 e. The maximum absolute atomic E-state index is 12.0. The highest BCUT2D eigenvalue weighted by molar-refractivity contribution is 7.89. The van der Waals surface area contributed by atoms with Crippen LogP contribution in [0.4, 0.5) is 0 Å². The first-order chi connectivity index (χ1) is 9.53. The van der Waals surface area contributed by atoms with Gasteiger partial charge >= 0.3 is 0 Å². The molecule has 0 unspecified atom stereocenters. The number of likely N-dealkylation sites (N-methyl/N-ethyl adjacent to an activating group) is 1. The molecule has 5 nitrogen and oxygen atoms in total. The van der Waals surface area contributed by atoms with Crippen molar-refractivity contribution < 1.29 is 8.42 Å². The van der Waals surface area contributed by atoms with Crippen LogP contribution < -0.4 is 0 Å². The summed E-state index contributed by atoms with van der Waals surface area (Å²) >= 11 is 0. The third-order valence-corrected chi connectivity index (χ3v) is 6.65. The summed E-state index contributed by atoms with van der Waals surface area (Å²) in [5.74, 6) is 0.290. The molecule has 2 aliphatic rings. The van der Waals surface area contributed by atoms with Crippen LogP contribution >= 0.6 is 0 Å².